The van der Waals surface area contributed by atoms with Crippen LogP contribution in [0.15, 0.2) is 44.8 Å². The van der Waals surface area contributed by atoms with E-state index in [1.54, 1.807) is 0 Å². The van der Waals surface area contributed by atoms with E-state index in [1.165, 1.54) is 0 Å². The summed E-state index contributed by atoms with van der Waals surface area (Å²) in [6.45, 7) is 0. The zero-order chi connectivity index (χ0) is 18.4. The Balaban J connectivity index is 1.92. The van der Waals surface area contributed by atoms with Crippen molar-refractivity contribution in [3.8, 4) is 0 Å². The van der Waals surface area contributed by atoms with Gasteiger partial charge in [0.15, 0.2) is 5.84 Å². The third kappa shape index (κ3) is 2.56. The summed E-state index contributed by atoms with van der Waals surface area (Å²) in [5.41, 5.74) is 9.20. The van der Waals surface area contributed by atoms with E-state index in [0.717, 1.165) is 23.4 Å². The molecule has 0 bridgehead atoms. The summed E-state index contributed by atoms with van der Waals surface area (Å²) in [6.07, 6.45) is 1.97. The van der Waals surface area contributed by atoms with Gasteiger partial charge in [0.1, 0.15) is 5.78 Å². The van der Waals surface area contributed by atoms with Crippen LogP contribution in [0.2, 0.25) is 0 Å². The SMILES string of the molecule is CN(C)c1ccc(C2=C3C(=O)N=C(N)N=C3N=C3CCCC(=O)C32)cc1. The van der Waals surface area contributed by atoms with Crippen molar-refractivity contribution in [3.05, 3.63) is 35.4 Å². The van der Waals surface area contributed by atoms with Crippen LogP contribution in [0.25, 0.3) is 5.57 Å². The highest BCUT2D eigenvalue weighted by molar-refractivity contribution is 6.38. The predicted molar refractivity (Wildman–Crippen MR) is 102 cm³/mol. The van der Waals surface area contributed by atoms with E-state index in [-0.39, 0.29) is 17.6 Å². The first-order chi connectivity index (χ1) is 12.5. The predicted octanol–water partition coefficient (Wildman–Crippen LogP) is 1.58. The second kappa shape index (κ2) is 6.01. The summed E-state index contributed by atoms with van der Waals surface area (Å²) >= 11 is 0. The Bertz CT molecular complexity index is 935. The van der Waals surface area contributed by atoms with Crippen LogP contribution in [0, 0.1) is 5.92 Å². The van der Waals surface area contributed by atoms with Crippen LogP contribution in [0.4, 0.5) is 5.69 Å². The number of allylic oxidation sites excluding steroid dienone is 1. The molecule has 4 rings (SSSR count). The van der Waals surface area contributed by atoms with Crippen molar-refractivity contribution in [2.24, 2.45) is 26.6 Å². The molecule has 1 aromatic carbocycles. The normalized spacial score (nSPS) is 22.2. The molecule has 1 aromatic rings. The second-order valence-electron chi connectivity index (χ2n) is 6.80. The third-order valence-electron chi connectivity index (χ3n) is 4.89. The number of nitrogens with zero attached hydrogens (tertiary/aromatic N) is 4. The van der Waals surface area contributed by atoms with Gasteiger partial charge in [0.05, 0.1) is 11.5 Å². The minimum atomic E-state index is -0.499. The number of hydrogen-bond donors (Lipinski definition) is 1. The Hall–Kier alpha value is -3.09. The molecule has 0 saturated heterocycles. The van der Waals surface area contributed by atoms with Crippen LogP contribution >= 0.6 is 0 Å². The minimum Gasteiger partial charge on any atom is -0.378 e. The molecule has 7 nitrogen and oxygen atoms in total. The summed E-state index contributed by atoms with van der Waals surface area (Å²) in [7, 11) is 3.92. The first kappa shape index (κ1) is 16.4. The Morgan fingerprint density at radius 1 is 1.04 bits per heavy atom. The molecule has 1 aliphatic carbocycles. The lowest BCUT2D eigenvalue weighted by Gasteiger charge is -2.31. The number of dihydropyridines is 1. The lowest BCUT2D eigenvalue weighted by molar-refractivity contribution is -0.120. The van der Waals surface area contributed by atoms with Crippen LogP contribution < -0.4 is 10.6 Å². The van der Waals surface area contributed by atoms with Gasteiger partial charge in [-0.1, -0.05) is 12.1 Å². The van der Waals surface area contributed by atoms with Gasteiger partial charge in [-0.2, -0.15) is 9.98 Å². The summed E-state index contributed by atoms with van der Waals surface area (Å²) < 4.78 is 0. The molecule has 0 radical (unpaired) electrons. The van der Waals surface area contributed by atoms with Gasteiger partial charge >= 0.3 is 0 Å². The number of rotatable bonds is 2. The molecule has 1 unspecified atom stereocenters. The average Bonchev–Trinajstić information content (AvgIpc) is 2.60. The number of amidine groups is 1. The van der Waals surface area contributed by atoms with E-state index >= 15 is 0 Å². The van der Waals surface area contributed by atoms with Crippen LogP contribution in [0.5, 0.6) is 0 Å². The quantitative estimate of drug-likeness (QED) is 0.876. The smallest absolute Gasteiger partial charge is 0.284 e. The monoisotopic (exact) mass is 349 g/mol. The molecule has 2 N–H and O–H groups in total. The molecule has 0 spiro atoms. The van der Waals surface area contributed by atoms with Gasteiger partial charge in [-0.3, -0.25) is 9.59 Å². The van der Waals surface area contributed by atoms with E-state index in [2.05, 4.69) is 15.0 Å². The molecule has 0 aromatic heterocycles. The Labute approximate surface area is 151 Å². The van der Waals surface area contributed by atoms with E-state index in [1.807, 2.05) is 43.3 Å². The fourth-order valence-corrected chi connectivity index (χ4v) is 3.66. The Morgan fingerprint density at radius 3 is 2.46 bits per heavy atom. The van der Waals surface area contributed by atoms with Crippen molar-refractivity contribution in [2.45, 2.75) is 19.3 Å². The summed E-state index contributed by atoms with van der Waals surface area (Å²) in [5.74, 6) is -0.721. The van der Waals surface area contributed by atoms with Gasteiger partial charge in [0.25, 0.3) is 5.91 Å². The molecule has 26 heavy (non-hydrogen) atoms. The third-order valence-corrected chi connectivity index (χ3v) is 4.89. The van der Waals surface area contributed by atoms with E-state index in [0.29, 0.717) is 24.0 Å². The summed E-state index contributed by atoms with van der Waals surface area (Å²) in [6, 6.07) is 7.77. The molecule has 7 heteroatoms. The highest BCUT2D eigenvalue weighted by atomic mass is 16.1. The van der Waals surface area contributed by atoms with Crippen molar-refractivity contribution in [2.75, 3.05) is 19.0 Å². The average molecular weight is 349 g/mol. The molecule has 1 amide bonds. The number of amides is 1. The standard InChI is InChI=1S/C19H19N5O2/c1-24(2)11-8-6-10(7-9-11)14-15-12(4-3-5-13(15)25)21-17-16(14)18(26)23-19(20)22-17/h6-9,15H,3-5H2,1-2H3,(H2,20,23,26). The molecule has 2 aliphatic heterocycles. The van der Waals surface area contributed by atoms with Crippen molar-refractivity contribution >= 4 is 40.5 Å². The number of guanidine groups is 1. The minimum absolute atomic E-state index is 0.0866. The van der Waals surface area contributed by atoms with Gasteiger partial charge in [0, 0.05) is 31.9 Å². The number of nitrogens with two attached hydrogens (primary N) is 1. The van der Waals surface area contributed by atoms with Crippen LogP contribution in [0.3, 0.4) is 0 Å². The van der Waals surface area contributed by atoms with Crippen molar-refractivity contribution in [3.63, 3.8) is 0 Å². The number of benzene rings is 1. The molecular formula is C19H19N5O2. The zero-order valence-electron chi connectivity index (χ0n) is 14.7. The first-order valence-corrected chi connectivity index (χ1v) is 8.55. The second-order valence-corrected chi connectivity index (χ2v) is 6.80. The molecule has 3 aliphatic rings. The van der Waals surface area contributed by atoms with E-state index in [4.69, 9.17) is 5.73 Å². The fraction of sp³-hybridized carbons (Fsp3) is 0.316. The van der Waals surface area contributed by atoms with Crippen molar-refractivity contribution < 1.29 is 9.59 Å². The highest BCUT2D eigenvalue weighted by Crippen LogP contribution is 2.39. The molecule has 1 fully saturated rings. The van der Waals surface area contributed by atoms with E-state index < -0.39 is 11.8 Å². The Morgan fingerprint density at radius 2 is 1.77 bits per heavy atom. The van der Waals surface area contributed by atoms with Crippen LogP contribution in [-0.4, -0.2) is 43.3 Å². The maximum absolute atomic E-state index is 12.7. The lowest BCUT2D eigenvalue weighted by Crippen LogP contribution is -2.38. The largest absolute Gasteiger partial charge is 0.378 e. The molecule has 1 saturated carbocycles. The number of aliphatic imine (C=N–C) groups is 3. The Kier molecular flexibility index (Phi) is 3.79. The van der Waals surface area contributed by atoms with Crippen LogP contribution in [-0.2, 0) is 9.59 Å². The van der Waals surface area contributed by atoms with Gasteiger partial charge < -0.3 is 10.6 Å². The summed E-state index contributed by atoms with van der Waals surface area (Å²) in [4.78, 5) is 39.7. The lowest BCUT2D eigenvalue weighted by atomic mass is 9.74. The number of carbonyl (C=O) groups excluding carboxylic acids is 2. The van der Waals surface area contributed by atoms with Gasteiger partial charge in [-0.05, 0) is 36.1 Å². The topological polar surface area (TPSA) is 100 Å². The first-order valence-electron chi connectivity index (χ1n) is 8.55. The number of ketones is 1. The van der Waals surface area contributed by atoms with Crippen molar-refractivity contribution in [1.29, 1.82) is 0 Å². The van der Waals surface area contributed by atoms with E-state index in [9.17, 15) is 9.59 Å². The number of anilines is 1. The van der Waals surface area contributed by atoms with Gasteiger partial charge in [-0.15, -0.1) is 0 Å². The maximum atomic E-state index is 12.7. The number of Topliss-reactive ketones (excluding diaryl/α,β-unsaturated/α-hetero) is 1. The summed E-state index contributed by atoms with van der Waals surface area (Å²) in [5, 5.41) is 0. The number of fused-ring (bicyclic) bond motifs is 2. The number of carbonyl (C=O) groups is 2. The van der Waals surface area contributed by atoms with Crippen molar-refractivity contribution in [1.82, 2.24) is 0 Å². The molecule has 2 heterocycles. The fourth-order valence-electron chi connectivity index (χ4n) is 3.66. The zero-order valence-corrected chi connectivity index (χ0v) is 14.7. The molecule has 1 atom stereocenters. The molecular weight excluding hydrogens is 330 g/mol. The molecule has 132 valence electrons. The maximum Gasteiger partial charge on any atom is 0.284 e. The van der Waals surface area contributed by atoms with Gasteiger partial charge in [0.2, 0.25) is 5.96 Å². The number of hydrogen-bond acceptors (Lipinski definition) is 6. The van der Waals surface area contributed by atoms with Gasteiger partial charge in [-0.25, -0.2) is 4.99 Å². The highest BCUT2D eigenvalue weighted by Gasteiger charge is 2.41. The van der Waals surface area contributed by atoms with Crippen LogP contribution in [0.1, 0.15) is 24.8 Å².